The Balaban J connectivity index is 1.29. The van der Waals surface area contributed by atoms with Gasteiger partial charge >= 0.3 is 0 Å². The van der Waals surface area contributed by atoms with Gasteiger partial charge in [-0.1, -0.05) is 18.2 Å². The number of hydrogen-bond donors (Lipinski definition) is 1. The van der Waals surface area contributed by atoms with Crippen LogP contribution in [0.15, 0.2) is 53.4 Å². The summed E-state index contributed by atoms with van der Waals surface area (Å²) in [4.78, 5) is 17.3. The number of piperazine rings is 1. The lowest BCUT2D eigenvalue weighted by Crippen LogP contribution is -2.49. The number of sulfonamides is 1. The van der Waals surface area contributed by atoms with Gasteiger partial charge in [0.15, 0.2) is 0 Å². The number of ether oxygens (including phenoxy) is 1. The molecular formula is C24H31N3O4S. The van der Waals surface area contributed by atoms with E-state index in [-0.39, 0.29) is 10.8 Å². The van der Waals surface area contributed by atoms with Crippen molar-refractivity contribution < 1.29 is 17.9 Å². The molecule has 4 rings (SSSR count). The van der Waals surface area contributed by atoms with Crippen molar-refractivity contribution in [2.45, 2.75) is 24.2 Å². The van der Waals surface area contributed by atoms with Gasteiger partial charge in [0, 0.05) is 44.8 Å². The van der Waals surface area contributed by atoms with Crippen LogP contribution in [0.3, 0.4) is 0 Å². The molecule has 8 heteroatoms. The summed E-state index contributed by atoms with van der Waals surface area (Å²) in [6, 6.07) is 14.5. The van der Waals surface area contributed by atoms with Crippen LogP contribution in [0.1, 0.15) is 28.8 Å². The third-order valence-corrected chi connectivity index (χ3v) is 7.61. The van der Waals surface area contributed by atoms with E-state index in [4.69, 9.17) is 4.74 Å². The molecule has 1 heterocycles. The Morgan fingerprint density at radius 3 is 2.44 bits per heavy atom. The van der Waals surface area contributed by atoms with Crippen molar-refractivity contribution in [2.75, 3.05) is 46.4 Å². The van der Waals surface area contributed by atoms with Crippen molar-refractivity contribution in [2.24, 2.45) is 5.92 Å². The monoisotopic (exact) mass is 457 g/mol. The molecular weight excluding hydrogens is 426 g/mol. The molecule has 1 aliphatic carbocycles. The molecule has 2 aromatic carbocycles. The van der Waals surface area contributed by atoms with Crippen LogP contribution in [0, 0.1) is 5.92 Å². The minimum Gasteiger partial charge on any atom is -0.497 e. The molecule has 0 unspecified atom stereocenters. The number of carbonyl (C=O) groups excluding carboxylic acids is 1. The predicted molar refractivity (Wildman–Crippen MR) is 123 cm³/mol. The fourth-order valence-electron chi connectivity index (χ4n) is 3.87. The molecule has 1 aliphatic heterocycles. The third kappa shape index (κ3) is 5.88. The van der Waals surface area contributed by atoms with Gasteiger partial charge < -0.3 is 9.64 Å². The number of methoxy groups -OCH3 is 1. The Kier molecular flexibility index (Phi) is 7.13. The highest BCUT2D eigenvalue weighted by molar-refractivity contribution is 7.89. The van der Waals surface area contributed by atoms with Crippen LogP contribution in [0.4, 0.5) is 0 Å². The number of nitrogens with one attached hydrogen (secondary N) is 1. The molecule has 172 valence electrons. The van der Waals surface area contributed by atoms with E-state index in [1.807, 2.05) is 17.0 Å². The highest BCUT2D eigenvalue weighted by Gasteiger charge is 2.26. The molecule has 1 amide bonds. The van der Waals surface area contributed by atoms with E-state index in [0.29, 0.717) is 31.1 Å². The molecule has 1 saturated carbocycles. The number of nitrogens with zero attached hydrogens (tertiary/aromatic N) is 2. The minimum absolute atomic E-state index is 0.112. The lowest BCUT2D eigenvalue weighted by molar-refractivity contribution is 0.0638. The van der Waals surface area contributed by atoms with Crippen molar-refractivity contribution in [3.8, 4) is 5.75 Å². The van der Waals surface area contributed by atoms with Crippen LogP contribution >= 0.6 is 0 Å². The number of carbonyl (C=O) groups is 1. The van der Waals surface area contributed by atoms with Crippen molar-refractivity contribution >= 4 is 15.9 Å². The van der Waals surface area contributed by atoms with Crippen LogP contribution < -0.4 is 9.46 Å². The Morgan fingerprint density at radius 1 is 1.06 bits per heavy atom. The molecule has 0 aromatic heterocycles. The van der Waals surface area contributed by atoms with Crippen LogP contribution in [-0.4, -0.2) is 70.5 Å². The van der Waals surface area contributed by atoms with Gasteiger partial charge in [-0.05, 0) is 61.1 Å². The SMILES string of the molecule is COc1ccc(CCN2CCN(C(=O)c3cccc(S(=O)(=O)NCC4CC4)c3)CC2)cc1. The number of hydrogen-bond acceptors (Lipinski definition) is 5. The second kappa shape index (κ2) is 10.0. The Bertz CT molecular complexity index is 1030. The maximum absolute atomic E-state index is 13.0. The van der Waals surface area contributed by atoms with E-state index in [1.165, 1.54) is 11.6 Å². The van der Waals surface area contributed by atoms with Gasteiger partial charge in [0.25, 0.3) is 5.91 Å². The van der Waals surface area contributed by atoms with E-state index in [1.54, 1.807) is 25.3 Å². The summed E-state index contributed by atoms with van der Waals surface area (Å²) in [5.74, 6) is 1.20. The maximum Gasteiger partial charge on any atom is 0.253 e. The first-order valence-corrected chi connectivity index (χ1v) is 12.7. The van der Waals surface area contributed by atoms with Gasteiger partial charge in [0.05, 0.1) is 12.0 Å². The molecule has 0 bridgehead atoms. The number of benzene rings is 2. The summed E-state index contributed by atoms with van der Waals surface area (Å²) in [7, 11) is -1.92. The summed E-state index contributed by atoms with van der Waals surface area (Å²) in [5.41, 5.74) is 1.68. The molecule has 7 nitrogen and oxygen atoms in total. The molecule has 0 atom stereocenters. The van der Waals surface area contributed by atoms with Gasteiger partial charge in [0.1, 0.15) is 5.75 Å². The lowest BCUT2D eigenvalue weighted by Gasteiger charge is -2.34. The van der Waals surface area contributed by atoms with Crippen molar-refractivity contribution in [1.29, 1.82) is 0 Å². The standard InChI is InChI=1S/C24H31N3O4S/c1-31-22-9-7-19(8-10-22)11-12-26-13-15-27(16-14-26)24(28)21-3-2-4-23(17-21)32(29,30)25-18-20-5-6-20/h2-4,7-10,17,20,25H,5-6,11-16,18H2,1H3. The van der Waals surface area contributed by atoms with Crippen molar-refractivity contribution in [3.05, 3.63) is 59.7 Å². The van der Waals surface area contributed by atoms with E-state index in [9.17, 15) is 13.2 Å². The Hall–Kier alpha value is -2.42. The summed E-state index contributed by atoms with van der Waals surface area (Å²) in [5, 5.41) is 0. The quantitative estimate of drug-likeness (QED) is 0.626. The summed E-state index contributed by atoms with van der Waals surface area (Å²) < 4.78 is 32.9. The van der Waals surface area contributed by atoms with Crippen molar-refractivity contribution in [1.82, 2.24) is 14.5 Å². The number of rotatable bonds is 9. The molecule has 0 radical (unpaired) electrons. The average molecular weight is 458 g/mol. The minimum atomic E-state index is -3.59. The highest BCUT2D eigenvalue weighted by atomic mass is 32.2. The predicted octanol–water partition coefficient (Wildman–Crippen LogP) is 2.38. The highest BCUT2D eigenvalue weighted by Crippen LogP contribution is 2.28. The summed E-state index contributed by atoms with van der Waals surface area (Å²) in [6.45, 7) is 4.30. The Morgan fingerprint density at radius 2 is 1.78 bits per heavy atom. The normalized spacial score (nSPS) is 17.3. The van der Waals surface area contributed by atoms with Crippen LogP contribution in [0.5, 0.6) is 5.75 Å². The van der Waals surface area contributed by atoms with Gasteiger partial charge in [-0.2, -0.15) is 0 Å². The van der Waals surface area contributed by atoms with Gasteiger partial charge in [-0.25, -0.2) is 13.1 Å². The molecule has 2 aliphatic rings. The zero-order valence-electron chi connectivity index (χ0n) is 18.5. The van der Waals surface area contributed by atoms with Crippen LogP contribution in [0.2, 0.25) is 0 Å². The molecule has 2 aromatic rings. The summed E-state index contributed by atoms with van der Waals surface area (Å²) >= 11 is 0. The first kappa shape index (κ1) is 22.8. The van der Waals surface area contributed by atoms with Crippen molar-refractivity contribution in [3.63, 3.8) is 0 Å². The second-order valence-electron chi connectivity index (χ2n) is 8.56. The fourth-order valence-corrected chi connectivity index (χ4v) is 5.03. The Labute approximate surface area is 190 Å². The molecule has 2 fully saturated rings. The van der Waals surface area contributed by atoms with E-state index in [2.05, 4.69) is 21.8 Å². The van der Waals surface area contributed by atoms with Gasteiger partial charge in [-0.3, -0.25) is 9.69 Å². The second-order valence-corrected chi connectivity index (χ2v) is 10.3. The van der Waals surface area contributed by atoms with Crippen LogP contribution in [0.25, 0.3) is 0 Å². The third-order valence-electron chi connectivity index (χ3n) is 6.19. The van der Waals surface area contributed by atoms with Gasteiger partial charge in [0.2, 0.25) is 10.0 Å². The molecule has 32 heavy (non-hydrogen) atoms. The van der Waals surface area contributed by atoms with Crippen LogP contribution in [-0.2, 0) is 16.4 Å². The number of amides is 1. The largest absolute Gasteiger partial charge is 0.497 e. The fraction of sp³-hybridized carbons (Fsp3) is 0.458. The topological polar surface area (TPSA) is 79.0 Å². The maximum atomic E-state index is 13.0. The average Bonchev–Trinajstić information content (AvgIpc) is 3.66. The summed E-state index contributed by atoms with van der Waals surface area (Å²) in [6.07, 6.45) is 3.10. The molecule has 1 saturated heterocycles. The van der Waals surface area contributed by atoms with E-state index < -0.39 is 10.0 Å². The first-order chi connectivity index (χ1) is 15.4. The zero-order chi connectivity index (χ0) is 22.6. The first-order valence-electron chi connectivity index (χ1n) is 11.2. The van der Waals surface area contributed by atoms with E-state index in [0.717, 1.165) is 44.6 Å². The van der Waals surface area contributed by atoms with E-state index >= 15 is 0 Å². The molecule has 1 N–H and O–H groups in total. The zero-order valence-corrected chi connectivity index (χ0v) is 19.3. The molecule has 0 spiro atoms. The smallest absolute Gasteiger partial charge is 0.253 e. The lowest BCUT2D eigenvalue weighted by atomic mass is 10.1. The van der Waals surface area contributed by atoms with Gasteiger partial charge in [-0.15, -0.1) is 0 Å².